The van der Waals surface area contributed by atoms with E-state index >= 15 is 0 Å². The van der Waals surface area contributed by atoms with E-state index in [1.54, 1.807) is 30.6 Å². The van der Waals surface area contributed by atoms with E-state index in [1.165, 1.54) is 18.2 Å². The van der Waals surface area contributed by atoms with Crippen LogP contribution in [-0.2, 0) is 0 Å². The number of nitrogens with zero attached hydrogens (tertiary/aromatic N) is 2. The summed E-state index contributed by atoms with van der Waals surface area (Å²) in [6, 6.07) is 9.08. The second-order valence-electron chi connectivity index (χ2n) is 6.19. The van der Waals surface area contributed by atoms with Crippen molar-refractivity contribution < 1.29 is 14.0 Å². The summed E-state index contributed by atoms with van der Waals surface area (Å²) in [6.07, 6.45) is 4.89. The van der Waals surface area contributed by atoms with Crippen LogP contribution in [0, 0.1) is 11.7 Å². The molecule has 1 aromatic heterocycles. The largest absolute Gasteiger partial charge is 0.352 e. The molecule has 3 rings (SSSR count). The molecule has 0 atom stereocenters. The minimum atomic E-state index is -0.421. The van der Waals surface area contributed by atoms with Crippen LogP contribution < -0.4 is 5.32 Å². The highest BCUT2D eigenvalue weighted by Gasteiger charge is 2.24. The Morgan fingerprint density at radius 1 is 1.12 bits per heavy atom. The SMILES string of the molecule is O=C(NCC1CCN(C(=O)c2ccncc2)CC1)c1cccc(F)c1. The molecule has 2 aromatic rings. The lowest BCUT2D eigenvalue weighted by atomic mass is 9.96. The Labute approximate surface area is 145 Å². The zero-order chi connectivity index (χ0) is 17.6. The van der Waals surface area contributed by atoms with E-state index in [1.807, 2.05) is 4.90 Å². The van der Waals surface area contributed by atoms with E-state index in [4.69, 9.17) is 0 Å². The van der Waals surface area contributed by atoms with Gasteiger partial charge in [0, 0.05) is 43.2 Å². The number of carbonyl (C=O) groups is 2. The number of halogens is 1. The van der Waals surface area contributed by atoms with E-state index in [2.05, 4.69) is 10.3 Å². The highest BCUT2D eigenvalue weighted by atomic mass is 19.1. The van der Waals surface area contributed by atoms with Gasteiger partial charge in [0.15, 0.2) is 0 Å². The Morgan fingerprint density at radius 3 is 2.52 bits per heavy atom. The fourth-order valence-corrected chi connectivity index (χ4v) is 2.99. The number of carbonyl (C=O) groups excluding carboxylic acids is 2. The summed E-state index contributed by atoms with van der Waals surface area (Å²) in [4.78, 5) is 30.2. The summed E-state index contributed by atoms with van der Waals surface area (Å²) in [5.41, 5.74) is 0.971. The van der Waals surface area contributed by atoms with Crippen LogP contribution in [0.3, 0.4) is 0 Å². The number of hydrogen-bond acceptors (Lipinski definition) is 3. The highest BCUT2D eigenvalue weighted by molar-refractivity contribution is 5.94. The van der Waals surface area contributed by atoms with E-state index in [0.717, 1.165) is 12.8 Å². The van der Waals surface area contributed by atoms with E-state index in [0.29, 0.717) is 36.7 Å². The molecule has 0 unspecified atom stereocenters. The van der Waals surface area contributed by atoms with Gasteiger partial charge in [-0.3, -0.25) is 14.6 Å². The molecule has 0 saturated carbocycles. The standard InChI is InChI=1S/C19H20FN3O2/c20-17-3-1-2-16(12-17)18(24)22-13-14-6-10-23(11-7-14)19(25)15-4-8-21-9-5-15/h1-5,8-9,12,14H,6-7,10-11,13H2,(H,22,24). The molecular weight excluding hydrogens is 321 g/mol. The summed E-state index contributed by atoms with van der Waals surface area (Å²) in [6.45, 7) is 1.87. The van der Waals surface area contributed by atoms with Crippen molar-refractivity contribution in [2.75, 3.05) is 19.6 Å². The Bertz CT molecular complexity index is 743. The van der Waals surface area contributed by atoms with Gasteiger partial charge in [-0.25, -0.2) is 4.39 Å². The first-order chi connectivity index (χ1) is 12.1. The van der Waals surface area contributed by atoms with Gasteiger partial charge >= 0.3 is 0 Å². The lowest BCUT2D eigenvalue weighted by molar-refractivity contribution is 0.0684. The van der Waals surface area contributed by atoms with E-state index < -0.39 is 5.82 Å². The van der Waals surface area contributed by atoms with Crippen LogP contribution in [0.2, 0.25) is 0 Å². The molecule has 6 heteroatoms. The maximum Gasteiger partial charge on any atom is 0.253 e. The molecule has 1 aromatic carbocycles. The highest BCUT2D eigenvalue weighted by Crippen LogP contribution is 2.18. The predicted molar refractivity (Wildman–Crippen MR) is 91.6 cm³/mol. The van der Waals surface area contributed by atoms with Crippen molar-refractivity contribution in [1.29, 1.82) is 0 Å². The predicted octanol–water partition coefficient (Wildman–Crippen LogP) is 2.50. The van der Waals surface area contributed by atoms with Crippen molar-refractivity contribution in [1.82, 2.24) is 15.2 Å². The molecule has 5 nitrogen and oxygen atoms in total. The molecule has 1 saturated heterocycles. The smallest absolute Gasteiger partial charge is 0.253 e. The quantitative estimate of drug-likeness (QED) is 0.929. The number of nitrogens with one attached hydrogen (secondary N) is 1. The molecule has 0 spiro atoms. The number of likely N-dealkylation sites (tertiary alicyclic amines) is 1. The zero-order valence-corrected chi connectivity index (χ0v) is 13.8. The Morgan fingerprint density at radius 2 is 1.84 bits per heavy atom. The summed E-state index contributed by atoms with van der Waals surface area (Å²) in [5.74, 6) is -0.353. The van der Waals surface area contributed by atoms with Crippen LogP contribution in [0.5, 0.6) is 0 Å². The molecule has 1 N–H and O–H groups in total. The van der Waals surface area contributed by atoms with Crippen molar-refractivity contribution >= 4 is 11.8 Å². The average Bonchev–Trinajstić information content (AvgIpc) is 2.66. The van der Waals surface area contributed by atoms with Crippen LogP contribution in [0.15, 0.2) is 48.8 Å². The monoisotopic (exact) mass is 341 g/mol. The fraction of sp³-hybridized carbons (Fsp3) is 0.316. The lowest BCUT2D eigenvalue weighted by Gasteiger charge is -2.32. The van der Waals surface area contributed by atoms with Gasteiger partial charge in [0.25, 0.3) is 11.8 Å². The second kappa shape index (κ2) is 7.88. The third-order valence-electron chi connectivity index (χ3n) is 4.47. The molecular formula is C19H20FN3O2. The lowest BCUT2D eigenvalue weighted by Crippen LogP contribution is -2.41. The van der Waals surface area contributed by atoms with Crippen molar-refractivity contribution in [2.24, 2.45) is 5.92 Å². The van der Waals surface area contributed by atoms with Crippen molar-refractivity contribution in [3.05, 3.63) is 65.7 Å². The first-order valence-corrected chi connectivity index (χ1v) is 8.36. The minimum absolute atomic E-state index is 0.0182. The first kappa shape index (κ1) is 17.1. The number of piperidine rings is 1. The van der Waals surface area contributed by atoms with Crippen LogP contribution in [-0.4, -0.2) is 41.3 Å². The Hall–Kier alpha value is -2.76. The average molecular weight is 341 g/mol. The molecule has 1 fully saturated rings. The molecule has 2 heterocycles. The molecule has 1 aliphatic rings. The minimum Gasteiger partial charge on any atom is -0.352 e. The molecule has 2 amide bonds. The van der Waals surface area contributed by atoms with E-state index in [-0.39, 0.29) is 11.8 Å². The molecule has 0 bridgehead atoms. The summed E-state index contributed by atoms with van der Waals surface area (Å²) < 4.78 is 13.2. The third kappa shape index (κ3) is 4.41. The van der Waals surface area contributed by atoms with E-state index in [9.17, 15) is 14.0 Å². The molecule has 1 aliphatic heterocycles. The summed E-state index contributed by atoms with van der Waals surface area (Å²) >= 11 is 0. The molecule has 130 valence electrons. The van der Waals surface area contributed by atoms with Gasteiger partial charge in [0.1, 0.15) is 5.82 Å². The Balaban J connectivity index is 1.46. The third-order valence-corrected chi connectivity index (χ3v) is 4.47. The second-order valence-corrected chi connectivity index (χ2v) is 6.19. The number of rotatable bonds is 4. The number of hydrogen-bond donors (Lipinski definition) is 1. The molecule has 0 radical (unpaired) electrons. The topological polar surface area (TPSA) is 62.3 Å². The fourth-order valence-electron chi connectivity index (χ4n) is 2.99. The van der Waals surface area contributed by atoms with Crippen LogP contribution in [0.25, 0.3) is 0 Å². The zero-order valence-electron chi connectivity index (χ0n) is 13.8. The summed E-state index contributed by atoms with van der Waals surface area (Å²) in [5, 5.41) is 2.85. The van der Waals surface area contributed by atoms with Gasteiger partial charge < -0.3 is 10.2 Å². The number of aromatic nitrogens is 1. The van der Waals surface area contributed by atoms with Gasteiger partial charge in [0.05, 0.1) is 0 Å². The van der Waals surface area contributed by atoms with Gasteiger partial charge in [-0.1, -0.05) is 6.07 Å². The Kier molecular flexibility index (Phi) is 5.38. The van der Waals surface area contributed by atoms with Crippen molar-refractivity contribution in [3.63, 3.8) is 0 Å². The number of amides is 2. The van der Waals surface area contributed by atoms with Crippen molar-refractivity contribution in [2.45, 2.75) is 12.8 Å². The van der Waals surface area contributed by atoms with Gasteiger partial charge in [0.2, 0.25) is 0 Å². The number of benzene rings is 1. The maximum atomic E-state index is 13.2. The van der Waals surface area contributed by atoms with Crippen LogP contribution in [0.4, 0.5) is 4.39 Å². The maximum absolute atomic E-state index is 13.2. The number of pyridine rings is 1. The van der Waals surface area contributed by atoms with Crippen molar-refractivity contribution in [3.8, 4) is 0 Å². The van der Waals surface area contributed by atoms with Gasteiger partial charge in [-0.05, 0) is 49.1 Å². The molecule has 0 aliphatic carbocycles. The first-order valence-electron chi connectivity index (χ1n) is 8.36. The molecule has 25 heavy (non-hydrogen) atoms. The van der Waals surface area contributed by atoms with Crippen LogP contribution >= 0.6 is 0 Å². The summed E-state index contributed by atoms with van der Waals surface area (Å²) in [7, 11) is 0. The van der Waals surface area contributed by atoms with Crippen LogP contribution in [0.1, 0.15) is 33.6 Å². The normalized spacial score (nSPS) is 15.0. The van der Waals surface area contributed by atoms with Gasteiger partial charge in [-0.2, -0.15) is 0 Å². The van der Waals surface area contributed by atoms with Gasteiger partial charge in [-0.15, -0.1) is 0 Å².